The second-order valence-electron chi connectivity index (χ2n) is 3.46. The normalized spacial score (nSPS) is 16.5. The fraction of sp³-hybridized carbons (Fsp3) is 0.778. The van der Waals surface area contributed by atoms with Crippen LogP contribution in [0, 0.1) is 0 Å². The van der Waals surface area contributed by atoms with E-state index in [1.165, 1.54) is 0 Å². The van der Waals surface area contributed by atoms with Gasteiger partial charge >= 0.3 is 0 Å². The maximum atomic E-state index is 10.7. The highest BCUT2D eigenvalue weighted by Crippen LogP contribution is 1.98. The molecule has 0 aliphatic carbocycles. The van der Waals surface area contributed by atoms with Crippen molar-refractivity contribution in [2.24, 2.45) is 5.73 Å². The Morgan fingerprint density at radius 3 is 2.14 bits per heavy atom. The zero-order chi connectivity index (χ0) is 11.1. The number of rotatable bonds is 2. The molecule has 0 aromatic carbocycles. The van der Waals surface area contributed by atoms with Gasteiger partial charge in [-0.05, 0) is 13.5 Å². The summed E-state index contributed by atoms with van der Waals surface area (Å²) in [6.07, 6.45) is 1.37. The van der Waals surface area contributed by atoms with E-state index in [-0.39, 0.29) is 11.8 Å². The molecule has 1 heterocycles. The van der Waals surface area contributed by atoms with Gasteiger partial charge in [-0.15, -0.1) is 0 Å². The highest BCUT2D eigenvalue weighted by molar-refractivity contribution is 5.79. The summed E-state index contributed by atoms with van der Waals surface area (Å²) in [6, 6.07) is 0. The Hall–Kier alpha value is -1.10. The van der Waals surface area contributed by atoms with Crippen LogP contribution < -0.4 is 5.73 Å². The number of amides is 2. The number of carbonyl (C=O) groups excluding carboxylic acids is 2. The lowest BCUT2D eigenvalue weighted by Crippen LogP contribution is -2.20. The SMILES string of the molecule is CCCC(N)=O.CN1CC(=O)N(C)C1. The Balaban J connectivity index is 0.000000255. The van der Waals surface area contributed by atoms with Crippen molar-refractivity contribution >= 4 is 11.8 Å². The molecule has 5 heteroatoms. The van der Waals surface area contributed by atoms with E-state index in [4.69, 9.17) is 5.73 Å². The molecule has 0 bridgehead atoms. The fourth-order valence-electron chi connectivity index (χ4n) is 1.09. The van der Waals surface area contributed by atoms with Gasteiger partial charge in [-0.2, -0.15) is 0 Å². The van der Waals surface area contributed by atoms with Gasteiger partial charge in [0.05, 0.1) is 13.2 Å². The first-order valence-corrected chi connectivity index (χ1v) is 4.68. The number of primary amides is 1. The molecule has 0 saturated carbocycles. The molecule has 0 aromatic heterocycles. The predicted molar refractivity (Wildman–Crippen MR) is 54.4 cm³/mol. The van der Waals surface area contributed by atoms with Gasteiger partial charge in [0.15, 0.2) is 0 Å². The number of hydrogen-bond acceptors (Lipinski definition) is 3. The van der Waals surface area contributed by atoms with Gasteiger partial charge in [-0.3, -0.25) is 14.5 Å². The second kappa shape index (κ2) is 6.37. The van der Waals surface area contributed by atoms with Crippen molar-refractivity contribution < 1.29 is 9.59 Å². The first-order chi connectivity index (χ1) is 6.47. The van der Waals surface area contributed by atoms with Crippen molar-refractivity contribution in [1.82, 2.24) is 9.80 Å². The largest absolute Gasteiger partial charge is 0.370 e. The summed E-state index contributed by atoms with van der Waals surface area (Å²) >= 11 is 0. The number of likely N-dealkylation sites (N-methyl/N-ethyl adjacent to an activating group) is 2. The lowest BCUT2D eigenvalue weighted by molar-refractivity contribution is -0.125. The molecule has 1 rings (SSSR count). The average Bonchev–Trinajstić information content (AvgIpc) is 2.30. The molecule has 0 atom stereocenters. The molecule has 1 fully saturated rings. The van der Waals surface area contributed by atoms with Gasteiger partial charge in [0.1, 0.15) is 0 Å². The average molecular weight is 201 g/mol. The molecule has 1 saturated heterocycles. The van der Waals surface area contributed by atoms with E-state index in [1.807, 2.05) is 25.9 Å². The van der Waals surface area contributed by atoms with Crippen LogP contribution >= 0.6 is 0 Å². The first-order valence-electron chi connectivity index (χ1n) is 4.68. The van der Waals surface area contributed by atoms with Gasteiger partial charge in [0.2, 0.25) is 11.8 Å². The molecule has 0 radical (unpaired) electrons. The van der Waals surface area contributed by atoms with Crippen LogP contribution in [0.5, 0.6) is 0 Å². The Morgan fingerprint density at radius 2 is 2.07 bits per heavy atom. The topological polar surface area (TPSA) is 66.6 Å². The Labute approximate surface area is 84.8 Å². The lowest BCUT2D eigenvalue weighted by atomic mass is 10.3. The number of carbonyl (C=O) groups is 2. The predicted octanol–water partition coefficient (Wildman–Crippen LogP) is -0.380. The molecule has 2 N–H and O–H groups in total. The van der Waals surface area contributed by atoms with E-state index >= 15 is 0 Å². The summed E-state index contributed by atoms with van der Waals surface area (Å²) < 4.78 is 0. The number of hydrogen-bond donors (Lipinski definition) is 1. The second-order valence-corrected chi connectivity index (χ2v) is 3.46. The van der Waals surface area contributed by atoms with Crippen LogP contribution in [0.4, 0.5) is 0 Å². The summed E-state index contributed by atoms with van der Waals surface area (Å²) in [4.78, 5) is 24.2. The maximum absolute atomic E-state index is 10.7. The molecule has 14 heavy (non-hydrogen) atoms. The monoisotopic (exact) mass is 201 g/mol. The van der Waals surface area contributed by atoms with E-state index in [0.717, 1.165) is 13.1 Å². The molecule has 1 aliphatic heterocycles. The van der Waals surface area contributed by atoms with E-state index in [9.17, 15) is 9.59 Å². The van der Waals surface area contributed by atoms with Crippen molar-refractivity contribution in [3.8, 4) is 0 Å². The zero-order valence-corrected chi connectivity index (χ0v) is 9.12. The molecule has 0 aromatic rings. The van der Waals surface area contributed by atoms with Gasteiger partial charge in [0.25, 0.3) is 0 Å². The molecule has 0 spiro atoms. The highest BCUT2D eigenvalue weighted by Gasteiger charge is 2.19. The number of nitrogens with zero attached hydrogens (tertiary/aromatic N) is 2. The van der Waals surface area contributed by atoms with Crippen molar-refractivity contribution in [2.75, 3.05) is 27.3 Å². The summed E-state index contributed by atoms with van der Waals surface area (Å²) in [6.45, 7) is 3.28. The van der Waals surface area contributed by atoms with Crippen LogP contribution in [0.3, 0.4) is 0 Å². The van der Waals surface area contributed by atoms with Crippen molar-refractivity contribution in [3.05, 3.63) is 0 Å². The molecule has 5 nitrogen and oxygen atoms in total. The number of nitrogens with two attached hydrogens (primary N) is 1. The minimum Gasteiger partial charge on any atom is -0.370 e. The molecular weight excluding hydrogens is 182 g/mol. The van der Waals surface area contributed by atoms with E-state index in [0.29, 0.717) is 13.0 Å². The molecule has 2 amide bonds. The van der Waals surface area contributed by atoms with Crippen LogP contribution in [0.25, 0.3) is 0 Å². The molecular formula is C9H19N3O2. The fourth-order valence-corrected chi connectivity index (χ4v) is 1.09. The van der Waals surface area contributed by atoms with Crippen molar-refractivity contribution in [1.29, 1.82) is 0 Å². The summed E-state index contributed by atoms with van der Waals surface area (Å²) in [7, 11) is 3.74. The minimum absolute atomic E-state index is 0.211. The van der Waals surface area contributed by atoms with Crippen LogP contribution in [0.15, 0.2) is 0 Å². The Morgan fingerprint density at radius 1 is 1.50 bits per heavy atom. The van der Waals surface area contributed by atoms with Crippen LogP contribution in [-0.2, 0) is 9.59 Å². The first kappa shape index (κ1) is 12.9. The third-order valence-electron chi connectivity index (χ3n) is 1.78. The van der Waals surface area contributed by atoms with Gasteiger partial charge in [0, 0.05) is 13.5 Å². The summed E-state index contributed by atoms with van der Waals surface area (Å²) in [5, 5.41) is 0. The quantitative estimate of drug-likeness (QED) is 0.662. The standard InChI is InChI=1S/C5H10N2O.C4H9NO/c1-6-3-5(8)7(2)4-6;1-2-3-4(5)6/h3-4H2,1-2H3;2-3H2,1H3,(H2,5,6). The molecule has 82 valence electrons. The lowest BCUT2D eigenvalue weighted by Gasteiger charge is -2.06. The third kappa shape index (κ3) is 5.53. The molecule has 1 aliphatic rings. The summed E-state index contributed by atoms with van der Waals surface area (Å²) in [5.41, 5.74) is 4.76. The van der Waals surface area contributed by atoms with Crippen LogP contribution in [0.2, 0.25) is 0 Å². The molecule has 0 unspecified atom stereocenters. The van der Waals surface area contributed by atoms with Crippen molar-refractivity contribution in [3.63, 3.8) is 0 Å². The Bertz CT molecular complexity index is 206. The van der Waals surface area contributed by atoms with Crippen molar-refractivity contribution in [2.45, 2.75) is 19.8 Å². The van der Waals surface area contributed by atoms with Gasteiger partial charge < -0.3 is 10.6 Å². The highest BCUT2D eigenvalue weighted by atomic mass is 16.2. The van der Waals surface area contributed by atoms with Gasteiger partial charge in [-0.1, -0.05) is 6.92 Å². The maximum Gasteiger partial charge on any atom is 0.237 e. The van der Waals surface area contributed by atoms with Crippen LogP contribution in [-0.4, -0.2) is 48.9 Å². The van der Waals surface area contributed by atoms with Crippen LogP contribution in [0.1, 0.15) is 19.8 Å². The van der Waals surface area contributed by atoms with E-state index in [1.54, 1.807) is 4.90 Å². The van der Waals surface area contributed by atoms with Gasteiger partial charge in [-0.25, -0.2) is 0 Å². The van der Waals surface area contributed by atoms with E-state index in [2.05, 4.69) is 0 Å². The smallest absolute Gasteiger partial charge is 0.237 e. The minimum atomic E-state index is -0.211. The summed E-state index contributed by atoms with van der Waals surface area (Å²) in [5.74, 6) is 0.00463. The third-order valence-corrected chi connectivity index (χ3v) is 1.78. The zero-order valence-electron chi connectivity index (χ0n) is 9.12. The Kier molecular flexibility index (Phi) is 5.87. The van der Waals surface area contributed by atoms with E-state index < -0.39 is 0 Å².